The molecule has 0 fully saturated rings. The molecular formula is C13H13NO. The Bertz CT molecular complexity index is 535. The van der Waals surface area contributed by atoms with E-state index in [-0.39, 0.29) is 0 Å². The smallest absolute Gasteiger partial charge is 0.135 e. The minimum Gasteiger partial charge on any atom is -0.456 e. The zero-order valence-corrected chi connectivity index (χ0v) is 8.66. The number of hydrogen-bond acceptors (Lipinski definition) is 2. The molecule has 1 heterocycles. The lowest BCUT2D eigenvalue weighted by atomic mass is 10.1. The normalized spacial score (nSPS) is 11.3. The number of rotatable bonds is 2. The molecular weight excluding hydrogens is 186 g/mol. The number of benzene rings is 1. The zero-order valence-electron chi connectivity index (χ0n) is 8.66. The molecule has 2 N–H and O–H groups in total. The van der Waals surface area contributed by atoms with Crippen LogP contribution < -0.4 is 5.73 Å². The van der Waals surface area contributed by atoms with E-state index in [9.17, 15) is 0 Å². The first kappa shape index (κ1) is 9.59. The number of fused-ring (bicyclic) bond motifs is 1. The number of nitrogen functional groups attached to an aromatic ring is 1. The number of nitrogens with two attached hydrogens (primary N) is 1. The molecule has 0 aliphatic rings. The molecule has 0 aliphatic heterocycles. The van der Waals surface area contributed by atoms with E-state index in [1.165, 1.54) is 0 Å². The summed E-state index contributed by atoms with van der Waals surface area (Å²) in [5.74, 6) is 0.857. The van der Waals surface area contributed by atoms with Crippen molar-refractivity contribution in [3.8, 4) is 0 Å². The second-order valence-corrected chi connectivity index (χ2v) is 3.44. The molecule has 0 radical (unpaired) electrons. The van der Waals surface area contributed by atoms with Crippen LogP contribution in [0.3, 0.4) is 0 Å². The summed E-state index contributed by atoms with van der Waals surface area (Å²) in [5, 5.41) is 1.07. The first-order chi connectivity index (χ1) is 7.22. The van der Waals surface area contributed by atoms with Gasteiger partial charge in [0, 0.05) is 16.6 Å². The summed E-state index contributed by atoms with van der Waals surface area (Å²) in [4.78, 5) is 0. The molecule has 0 bridgehead atoms. The van der Waals surface area contributed by atoms with E-state index < -0.39 is 0 Å². The maximum atomic E-state index is 5.73. The molecule has 76 valence electrons. The Kier molecular flexibility index (Phi) is 2.34. The van der Waals surface area contributed by atoms with Crippen molar-refractivity contribution in [1.82, 2.24) is 0 Å². The van der Waals surface area contributed by atoms with Crippen molar-refractivity contribution in [2.75, 3.05) is 5.73 Å². The van der Waals surface area contributed by atoms with Crippen molar-refractivity contribution in [3.63, 3.8) is 0 Å². The molecule has 0 saturated heterocycles. The lowest BCUT2D eigenvalue weighted by Crippen LogP contribution is -1.82. The van der Waals surface area contributed by atoms with Crippen molar-refractivity contribution < 1.29 is 4.42 Å². The van der Waals surface area contributed by atoms with Gasteiger partial charge in [0.25, 0.3) is 0 Å². The van der Waals surface area contributed by atoms with Gasteiger partial charge in [-0.05, 0) is 31.2 Å². The number of furan rings is 1. The highest BCUT2D eigenvalue weighted by Crippen LogP contribution is 2.27. The Morgan fingerprint density at radius 2 is 2.20 bits per heavy atom. The molecule has 2 rings (SSSR count). The minimum atomic E-state index is 0.755. The first-order valence-corrected chi connectivity index (χ1v) is 4.80. The molecule has 2 nitrogen and oxygen atoms in total. The summed E-state index contributed by atoms with van der Waals surface area (Å²) in [6, 6.07) is 5.66. The van der Waals surface area contributed by atoms with E-state index in [0.29, 0.717) is 0 Å². The van der Waals surface area contributed by atoms with Crippen LogP contribution in [0, 0.1) is 6.92 Å². The van der Waals surface area contributed by atoms with E-state index in [0.717, 1.165) is 28.0 Å². The average molecular weight is 199 g/mol. The third kappa shape index (κ3) is 1.66. The van der Waals surface area contributed by atoms with Crippen LogP contribution in [-0.2, 0) is 0 Å². The van der Waals surface area contributed by atoms with Crippen LogP contribution in [0.5, 0.6) is 0 Å². The van der Waals surface area contributed by atoms with E-state index >= 15 is 0 Å². The highest BCUT2D eigenvalue weighted by molar-refractivity contribution is 5.86. The number of allylic oxidation sites excluding steroid dienone is 2. The number of aryl methyl sites for hydroxylation is 1. The molecule has 0 aliphatic carbocycles. The summed E-state index contributed by atoms with van der Waals surface area (Å²) in [5.41, 5.74) is 8.45. The van der Waals surface area contributed by atoms with Gasteiger partial charge in [0.1, 0.15) is 11.3 Å². The van der Waals surface area contributed by atoms with Crippen LogP contribution in [0.4, 0.5) is 5.69 Å². The predicted octanol–water partition coefficient (Wildman–Crippen LogP) is 3.52. The van der Waals surface area contributed by atoms with Crippen LogP contribution in [0.15, 0.2) is 41.3 Å². The highest BCUT2D eigenvalue weighted by Gasteiger charge is 2.07. The van der Waals surface area contributed by atoms with E-state index in [1.54, 1.807) is 6.08 Å². The van der Waals surface area contributed by atoms with Crippen LogP contribution >= 0.6 is 0 Å². The predicted molar refractivity (Wildman–Crippen MR) is 64.6 cm³/mol. The Hall–Kier alpha value is -1.96. The van der Waals surface area contributed by atoms with Crippen molar-refractivity contribution in [1.29, 1.82) is 0 Å². The molecule has 2 aromatic rings. The topological polar surface area (TPSA) is 39.2 Å². The second kappa shape index (κ2) is 3.65. The Labute approximate surface area is 88.7 Å². The van der Waals surface area contributed by atoms with Gasteiger partial charge in [0.2, 0.25) is 0 Å². The maximum absolute atomic E-state index is 5.73. The monoisotopic (exact) mass is 199 g/mol. The second-order valence-electron chi connectivity index (χ2n) is 3.44. The third-order valence-electron chi connectivity index (χ3n) is 2.38. The van der Waals surface area contributed by atoms with Crippen molar-refractivity contribution in [3.05, 3.63) is 48.3 Å². The standard InChI is InChI=1S/C13H13NO/c1-3-4-5-12-9(2)11-8-10(14)6-7-13(11)15-12/h3-8H,1,14H2,2H3/b5-4-. The average Bonchev–Trinajstić information content (AvgIpc) is 2.53. The minimum absolute atomic E-state index is 0.755. The molecule has 0 atom stereocenters. The highest BCUT2D eigenvalue weighted by atomic mass is 16.3. The number of anilines is 1. The van der Waals surface area contributed by atoms with E-state index in [4.69, 9.17) is 10.2 Å². The van der Waals surface area contributed by atoms with Crippen molar-refractivity contribution >= 4 is 22.7 Å². The SMILES string of the molecule is C=C/C=C\c1oc2ccc(N)cc2c1C. The van der Waals surface area contributed by atoms with Crippen LogP contribution in [0.25, 0.3) is 17.0 Å². The summed E-state index contributed by atoms with van der Waals surface area (Å²) < 4.78 is 5.67. The summed E-state index contributed by atoms with van der Waals surface area (Å²) >= 11 is 0. The fourth-order valence-electron chi connectivity index (χ4n) is 1.57. The van der Waals surface area contributed by atoms with Crippen LogP contribution in [-0.4, -0.2) is 0 Å². The fourth-order valence-corrected chi connectivity index (χ4v) is 1.57. The quantitative estimate of drug-likeness (QED) is 0.593. The van der Waals surface area contributed by atoms with Gasteiger partial charge in [0.15, 0.2) is 0 Å². The van der Waals surface area contributed by atoms with Gasteiger partial charge in [-0.1, -0.05) is 18.7 Å². The van der Waals surface area contributed by atoms with Gasteiger partial charge in [0.05, 0.1) is 0 Å². The lowest BCUT2D eigenvalue weighted by molar-refractivity contribution is 0.601. The largest absolute Gasteiger partial charge is 0.456 e. The van der Waals surface area contributed by atoms with Crippen molar-refractivity contribution in [2.24, 2.45) is 0 Å². The first-order valence-electron chi connectivity index (χ1n) is 4.80. The zero-order chi connectivity index (χ0) is 10.8. The molecule has 0 saturated carbocycles. The van der Waals surface area contributed by atoms with Crippen LogP contribution in [0.2, 0.25) is 0 Å². The Morgan fingerprint density at radius 3 is 2.93 bits per heavy atom. The van der Waals surface area contributed by atoms with Gasteiger partial charge >= 0.3 is 0 Å². The fraction of sp³-hybridized carbons (Fsp3) is 0.0769. The van der Waals surface area contributed by atoms with E-state index in [2.05, 4.69) is 6.58 Å². The van der Waals surface area contributed by atoms with E-state index in [1.807, 2.05) is 37.3 Å². The van der Waals surface area contributed by atoms with Gasteiger partial charge in [-0.3, -0.25) is 0 Å². The molecule has 15 heavy (non-hydrogen) atoms. The Balaban J connectivity index is 2.64. The summed E-state index contributed by atoms with van der Waals surface area (Å²) in [7, 11) is 0. The molecule has 1 aromatic carbocycles. The third-order valence-corrected chi connectivity index (χ3v) is 2.38. The van der Waals surface area contributed by atoms with Gasteiger partial charge in [-0.2, -0.15) is 0 Å². The van der Waals surface area contributed by atoms with Gasteiger partial charge in [-0.15, -0.1) is 0 Å². The summed E-state index contributed by atoms with van der Waals surface area (Å²) in [6.45, 7) is 5.65. The van der Waals surface area contributed by atoms with Crippen molar-refractivity contribution in [2.45, 2.75) is 6.92 Å². The lowest BCUT2D eigenvalue weighted by Gasteiger charge is -1.91. The number of hydrogen-bond donors (Lipinski definition) is 1. The molecule has 0 amide bonds. The molecule has 2 heteroatoms. The summed E-state index contributed by atoms with van der Waals surface area (Å²) in [6.07, 6.45) is 5.48. The molecule has 0 spiro atoms. The molecule has 1 aromatic heterocycles. The van der Waals surface area contributed by atoms with Gasteiger partial charge in [-0.25, -0.2) is 0 Å². The van der Waals surface area contributed by atoms with Crippen LogP contribution in [0.1, 0.15) is 11.3 Å². The Morgan fingerprint density at radius 1 is 1.40 bits per heavy atom. The maximum Gasteiger partial charge on any atom is 0.135 e. The molecule has 0 unspecified atom stereocenters. The van der Waals surface area contributed by atoms with Gasteiger partial charge < -0.3 is 10.2 Å².